The van der Waals surface area contributed by atoms with E-state index in [1.807, 2.05) is 0 Å². The van der Waals surface area contributed by atoms with Crippen molar-refractivity contribution in [2.24, 2.45) is 0 Å². The molecule has 0 saturated heterocycles. The summed E-state index contributed by atoms with van der Waals surface area (Å²) < 4.78 is 9.74. The van der Waals surface area contributed by atoms with Gasteiger partial charge in [-0.15, -0.1) is 0 Å². The van der Waals surface area contributed by atoms with Gasteiger partial charge >= 0.3 is 5.69 Å². The summed E-state index contributed by atoms with van der Waals surface area (Å²) in [5, 5.41) is 19.4. The molecule has 15 heavy (non-hydrogen) atoms. The van der Waals surface area contributed by atoms with Gasteiger partial charge in [0.2, 0.25) is 5.75 Å². The van der Waals surface area contributed by atoms with Crippen LogP contribution in [0.3, 0.4) is 0 Å². The molecule has 0 aliphatic rings. The van der Waals surface area contributed by atoms with Crippen molar-refractivity contribution in [2.75, 3.05) is 14.2 Å². The number of nitriles is 1. The fourth-order valence-electron chi connectivity index (χ4n) is 1.18. The molecule has 0 radical (unpaired) electrons. The van der Waals surface area contributed by atoms with Gasteiger partial charge in [0.1, 0.15) is 11.6 Å². The number of hydrogen-bond donors (Lipinski definition) is 0. The Morgan fingerprint density at radius 2 is 2.07 bits per heavy atom. The van der Waals surface area contributed by atoms with Crippen molar-refractivity contribution in [3.8, 4) is 17.6 Å². The monoisotopic (exact) mass is 208 g/mol. The molecule has 0 heterocycles. The molecule has 0 bridgehead atoms. The van der Waals surface area contributed by atoms with Crippen LogP contribution in [-0.4, -0.2) is 19.1 Å². The molecule has 0 fully saturated rings. The summed E-state index contributed by atoms with van der Waals surface area (Å²) >= 11 is 0. The van der Waals surface area contributed by atoms with Crippen LogP contribution < -0.4 is 9.47 Å². The third kappa shape index (κ3) is 1.81. The molecular formula is C9H8N2O4. The first-order valence-electron chi connectivity index (χ1n) is 3.95. The summed E-state index contributed by atoms with van der Waals surface area (Å²) in [7, 11) is 2.65. The van der Waals surface area contributed by atoms with Crippen molar-refractivity contribution in [1.82, 2.24) is 0 Å². The van der Waals surface area contributed by atoms with Crippen LogP contribution in [0.1, 0.15) is 5.56 Å². The number of ether oxygens (including phenoxy) is 2. The fourth-order valence-corrected chi connectivity index (χ4v) is 1.18. The first kappa shape index (κ1) is 10.8. The molecule has 0 aliphatic carbocycles. The van der Waals surface area contributed by atoms with E-state index in [2.05, 4.69) is 0 Å². The zero-order valence-electron chi connectivity index (χ0n) is 8.18. The van der Waals surface area contributed by atoms with E-state index in [0.717, 1.165) is 0 Å². The zero-order chi connectivity index (χ0) is 11.4. The Bertz CT molecular complexity index is 436. The van der Waals surface area contributed by atoms with Gasteiger partial charge in [-0.2, -0.15) is 5.26 Å². The third-order valence-electron chi connectivity index (χ3n) is 1.82. The molecule has 0 unspecified atom stereocenters. The summed E-state index contributed by atoms with van der Waals surface area (Å²) in [5.74, 6) is 0.185. The van der Waals surface area contributed by atoms with Crippen LogP contribution >= 0.6 is 0 Å². The number of rotatable bonds is 3. The Kier molecular flexibility index (Phi) is 3.08. The molecule has 0 amide bonds. The second-order valence-electron chi connectivity index (χ2n) is 2.57. The summed E-state index contributed by atoms with van der Waals surface area (Å²) in [5.41, 5.74) is -0.433. The molecule has 0 saturated carbocycles. The molecule has 6 nitrogen and oxygen atoms in total. The maximum absolute atomic E-state index is 10.7. The lowest BCUT2D eigenvalue weighted by molar-refractivity contribution is -0.386. The van der Waals surface area contributed by atoms with E-state index in [1.165, 1.54) is 26.4 Å². The highest BCUT2D eigenvalue weighted by Crippen LogP contribution is 2.38. The molecule has 1 aromatic carbocycles. The minimum absolute atomic E-state index is 0.0402. The van der Waals surface area contributed by atoms with Crippen LogP contribution in [0.5, 0.6) is 11.5 Å². The highest BCUT2D eigenvalue weighted by Gasteiger charge is 2.24. The molecule has 0 N–H and O–H groups in total. The normalized spacial score (nSPS) is 9.13. The first-order valence-corrected chi connectivity index (χ1v) is 3.95. The zero-order valence-corrected chi connectivity index (χ0v) is 8.18. The molecular weight excluding hydrogens is 200 g/mol. The van der Waals surface area contributed by atoms with Gasteiger partial charge in [0.15, 0.2) is 5.75 Å². The number of benzene rings is 1. The van der Waals surface area contributed by atoms with E-state index in [0.29, 0.717) is 0 Å². The molecule has 0 atom stereocenters. The Morgan fingerprint density at radius 3 is 2.47 bits per heavy atom. The van der Waals surface area contributed by atoms with Gasteiger partial charge in [-0.25, -0.2) is 0 Å². The second-order valence-corrected chi connectivity index (χ2v) is 2.57. The molecule has 1 rings (SSSR count). The lowest BCUT2D eigenvalue weighted by Gasteiger charge is -2.07. The highest BCUT2D eigenvalue weighted by atomic mass is 16.6. The predicted molar refractivity (Wildman–Crippen MR) is 50.9 cm³/mol. The fraction of sp³-hybridized carbons (Fsp3) is 0.222. The number of hydrogen-bond acceptors (Lipinski definition) is 5. The number of nitro groups is 1. The van der Waals surface area contributed by atoms with Gasteiger partial charge in [-0.1, -0.05) is 0 Å². The van der Waals surface area contributed by atoms with Crippen molar-refractivity contribution in [1.29, 1.82) is 5.26 Å². The standard InChI is InChI=1S/C9H8N2O4/c1-14-7-4-3-6(5-10)8(11(12)13)9(7)15-2/h3-4H,1-2H3. The Hall–Kier alpha value is -2.29. The van der Waals surface area contributed by atoms with Crippen molar-refractivity contribution in [2.45, 2.75) is 0 Å². The smallest absolute Gasteiger partial charge is 0.332 e. The average molecular weight is 208 g/mol. The highest BCUT2D eigenvalue weighted by molar-refractivity contribution is 5.64. The lowest BCUT2D eigenvalue weighted by atomic mass is 10.1. The maximum atomic E-state index is 10.7. The topological polar surface area (TPSA) is 85.4 Å². The number of methoxy groups -OCH3 is 2. The van der Waals surface area contributed by atoms with Crippen LogP contribution in [0, 0.1) is 21.4 Å². The van der Waals surface area contributed by atoms with Crippen molar-refractivity contribution in [3.63, 3.8) is 0 Å². The predicted octanol–water partition coefficient (Wildman–Crippen LogP) is 1.48. The first-order chi connectivity index (χ1) is 7.15. The van der Waals surface area contributed by atoms with E-state index in [4.69, 9.17) is 14.7 Å². The van der Waals surface area contributed by atoms with Crippen LogP contribution in [-0.2, 0) is 0 Å². The van der Waals surface area contributed by atoms with E-state index in [1.54, 1.807) is 6.07 Å². The molecule has 0 aliphatic heterocycles. The quantitative estimate of drug-likeness (QED) is 0.554. The van der Waals surface area contributed by atoms with Gasteiger partial charge in [0.25, 0.3) is 0 Å². The van der Waals surface area contributed by atoms with Gasteiger partial charge in [-0.3, -0.25) is 10.1 Å². The van der Waals surface area contributed by atoms with Crippen molar-refractivity contribution < 1.29 is 14.4 Å². The van der Waals surface area contributed by atoms with Gasteiger partial charge in [0, 0.05) is 0 Å². The Labute approximate surface area is 85.8 Å². The number of nitrogens with zero attached hydrogens (tertiary/aromatic N) is 2. The minimum Gasteiger partial charge on any atom is -0.493 e. The largest absolute Gasteiger partial charge is 0.493 e. The van der Waals surface area contributed by atoms with Crippen LogP contribution in [0.4, 0.5) is 5.69 Å². The van der Waals surface area contributed by atoms with Gasteiger partial charge < -0.3 is 9.47 Å². The molecule has 6 heteroatoms. The third-order valence-corrected chi connectivity index (χ3v) is 1.82. The number of nitro benzene ring substituents is 1. The Balaban J connectivity index is 3.53. The summed E-state index contributed by atoms with van der Waals surface area (Å²) in [6.45, 7) is 0. The lowest BCUT2D eigenvalue weighted by Crippen LogP contribution is -1.99. The van der Waals surface area contributed by atoms with Crippen LogP contribution in [0.25, 0.3) is 0 Å². The Morgan fingerprint density at radius 1 is 1.40 bits per heavy atom. The van der Waals surface area contributed by atoms with E-state index < -0.39 is 4.92 Å². The summed E-state index contributed by atoms with van der Waals surface area (Å²) in [6, 6.07) is 4.49. The average Bonchev–Trinajstić information content (AvgIpc) is 2.26. The van der Waals surface area contributed by atoms with Crippen LogP contribution in [0.2, 0.25) is 0 Å². The summed E-state index contributed by atoms with van der Waals surface area (Å²) in [6.07, 6.45) is 0. The van der Waals surface area contributed by atoms with Crippen molar-refractivity contribution >= 4 is 5.69 Å². The van der Waals surface area contributed by atoms with E-state index in [-0.39, 0.29) is 22.7 Å². The molecule has 0 spiro atoms. The second kappa shape index (κ2) is 4.28. The van der Waals surface area contributed by atoms with E-state index >= 15 is 0 Å². The van der Waals surface area contributed by atoms with Gasteiger partial charge in [0.05, 0.1) is 19.1 Å². The van der Waals surface area contributed by atoms with E-state index in [9.17, 15) is 10.1 Å². The minimum atomic E-state index is -0.667. The molecule has 0 aromatic heterocycles. The van der Waals surface area contributed by atoms with Gasteiger partial charge in [-0.05, 0) is 12.1 Å². The molecule has 78 valence electrons. The molecule has 1 aromatic rings. The summed E-state index contributed by atoms with van der Waals surface area (Å²) in [4.78, 5) is 10.1. The SMILES string of the molecule is COc1ccc(C#N)c([N+](=O)[O-])c1OC. The van der Waals surface area contributed by atoms with Crippen molar-refractivity contribution in [3.05, 3.63) is 27.8 Å². The van der Waals surface area contributed by atoms with Crippen LogP contribution in [0.15, 0.2) is 12.1 Å². The maximum Gasteiger partial charge on any atom is 0.332 e.